The van der Waals surface area contributed by atoms with Crippen molar-refractivity contribution in [3.63, 3.8) is 0 Å². The molecule has 2 heterocycles. The third-order valence-corrected chi connectivity index (χ3v) is 6.52. The number of carbonyl (C=O) groups excluding carboxylic acids is 1. The number of aromatic amines is 1. The lowest BCUT2D eigenvalue weighted by Gasteiger charge is -2.41. The summed E-state index contributed by atoms with van der Waals surface area (Å²) in [5.74, 6) is -2.76. The molecule has 40 heavy (non-hydrogen) atoms. The van der Waals surface area contributed by atoms with Crippen LogP contribution in [0.15, 0.2) is 42.5 Å². The molecule has 1 aliphatic heterocycles. The van der Waals surface area contributed by atoms with Gasteiger partial charge in [0.2, 0.25) is 5.82 Å². The number of alkyl halides is 6. The van der Waals surface area contributed by atoms with Gasteiger partial charge >= 0.3 is 12.4 Å². The monoisotopic (exact) mass is 571 g/mol. The number of ether oxygens (including phenoxy) is 1. The Morgan fingerprint density at radius 1 is 1.00 bits per heavy atom. The molecule has 1 aromatic heterocycles. The van der Waals surface area contributed by atoms with E-state index in [2.05, 4.69) is 20.6 Å². The smallest absolute Gasteiger partial charge is 0.416 e. The Kier molecular flexibility index (Phi) is 8.17. The van der Waals surface area contributed by atoms with Gasteiger partial charge in [-0.3, -0.25) is 4.79 Å². The Labute approximate surface area is 223 Å². The van der Waals surface area contributed by atoms with Gasteiger partial charge in [-0.05, 0) is 54.7 Å². The van der Waals surface area contributed by atoms with Gasteiger partial charge in [-0.1, -0.05) is 29.8 Å². The normalized spacial score (nSPS) is 18.1. The van der Waals surface area contributed by atoms with Crippen molar-refractivity contribution >= 4 is 17.1 Å². The number of rotatable bonds is 9. The van der Waals surface area contributed by atoms with Gasteiger partial charge in [-0.25, -0.2) is 4.39 Å². The van der Waals surface area contributed by atoms with Crippen molar-refractivity contribution in [2.24, 2.45) is 0 Å². The van der Waals surface area contributed by atoms with Crippen LogP contribution in [0.1, 0.15) is 54.6 Å². The van der Waals surface area contributed by atoms with Crippen LogP contribution in [0.4, 0.5) is 30.7 Å². The van der Waals surface area contributed by atoms with Crippen LogP contribution in [0.5, 0.6) is 5.75 Å². The number of nitrogens with zero attached hydrogens (tertiary/aromatic N) is 3. The number of H-pyrrole nitrogens is 1. The maximum Gasteiger partial charge on any atom is 0.416 e. The summed E-state index contributed by atoms with van der Waals surface area (Å²) in [6.45, 7) is 1.74. The van der Waals surface area contributed by atoms with Gasteiger partial charge < -0.3 is 10.1 Å². The molecule has 0 unspecified atom stereocenters. The molecule has 0 bridgehead atoms. The average molecular weight is 571 g/mol. The van der Waals surface area contributed by atoms with Gasteiger partial charge in [-0.2, -0.15) is 31.6 Å². The standard InChI is InChI=1S/C26H24F7N5O2/c1-15-5-7-16(8-6-15)18-14-24(26(31,32)33,34-23(39)21(18)22-35-37-38-36-22)19-10-9-17(13-20(19)27)40-12-4-2-3-11-25(28,29)30/h5-10,13H,2-4,11-12,14H2,1H3,(H,34,39)(H,35,36,37,38)/t24-/m0/s1. The molecule has 0 saturated heterocycles. The summed E-state index contributed by atoms with van der Waals surface area (Å²) in [4.78, 5) is 13.2. The minimum absolute atomic E-state index is 0.0494. The Bertz CT molecular complexity index is 1370. The first kappa shape index (κ1) is 29.0. The molecular weight excluding hydrogens is 547 g/mol. The molecule has 0 spiro atoms. The third-order valence-electron chi connectivity index (χ3n) is 6.52. The highest BCUT2D eigenvalue weighted by Gasteiger charge is 2.61. The lowest BCUT2D eigenvalue weighted by molar-refractivity contribution is -0.202. The maximum absolute atomic E-state index is 15.3. The number of tetrazole rings is 1. The molecule has 1 atom stereocenters. The first-order chi connectivity index (χ1) is 18.8. The molecule has 0 saturated carbocycles. The predicted octanol–water partition coefficient (Wildman–Crippen LogP) is 6.04. The summed E-state index contributed by atoms with van der Waals surface area (Å²) >= 11 is 0. The molecule has 1 aliphatic rings. The predicted molar refractivity (Wildman–Crippen MR) is 129 cm³/mol. The number of aromatic nitrogens is 4. The van der Waals surface area contributed by atoms with Crippen LogP contribution < -0.4 is 10.1 Å². The van der Waals surface area contributed by atoms with Crippen molar-refractivity contribution in [1.82, 2.24) is 25.9 Å². The molecule has 4 rings (SSSR count). The van der Waals surface area contributed by atoms with Crippen LogP contribution >= 0.6 is 0 Å². The number of hydrogen-bond acceptors (Lipinski definition) is 5. The van der Waals surface area contributed by atoms with Crippen molar-refractivity contribution in [3.05, 3.63) is 70.8 Å². The topological polar surface area (TPSA) is 92.8 Å². The minimum Gasteiger partial charge on any atom is -0.493 e. The fraction of sp³-hybridized carbons (Fsp3) is 0.385. The van der Waals surface area contributed by atoms with Crippen LogP contribution in [0, 0.1) is 12.7 Å². The molecule has 3 aromatic rings. The molecule has 0 radical (unpaired) electrons. The van der Waals surface area contributed by atoms with E-state index in [0.29, 0.717) is 5.56 Å². The summed E-state index contributed by atoms with van der Waals surface area (Å²) in [6.07, 6.45) is -10.9. The van der Waals surface area contributed by atoms with Crippen molar-refractivity contribution < 1.29 is 40.3 Å². The van der Waals surface area contributed by atoms with E-state index in [1.165, 1.54) is 0 Å². The molecule has 2 aromatic carbocycles. The zero-order valence-electron chi connectivity index (χ0n) is 21.1. The van der Waals surface area contributed by atoms with Crippen LogP contribution in [-0.2, 0) is 10.3 Å². The van der Waals surface area contributed by atoms with Crippen molar-refractivity contribution in [1.29, 1.82) is 0 Å². The van der Waals surface area contributed by atoms with E-state index in [4.69, 9.17) is 4.74 Å². The Morgan fingerprint density at radius 2 is 1.73 bits per heavy atom. The molecular formula is C26H24F7N5O2. The highest BCUT2D eigenvalue weighted by Crippen LogP contribution is 2.50. The average Bonchev–Trinajstić information content (AvgIpc) is 3.39. The summed E-state index contributed by atoms with van der Waals surface area (Å²) in [5.41, 5.74) is -3.14. The largest absolute Gasteiger partial charge is 0.493 e. The second kappa shape index (κ2) is 11.3. The van der Waals surface area contributed by atoms with Crippen molar-refractivity contribution in [2.45, 2.75) is 56.9 Å². The van der Waals surface area contributed by atoms with E-state index in [9.17, 15) is 31.1 Å². The van der Waals surface area contributed by atoms with Crippen LogP contribution in [0.2, 0.25) is 0 Å². The first-order valence-electron chi connectivity index (χ1n) is 12.2. The van der Waals surface area contributed by atoms with E-state index in [1.807, 2.05) is 5.32 Å². The number of hydrogen-bond donors (Lipinski definition) is 2. The van der Waals surface area contributed by atoms with Gasteiger partial charge in [-0.15, -0.1) is 10.2 Å². The van der Waals surface area contributed by atoms with Gasteiger partial charge in [0.25, 0.3) is 5.91 Å². The highest BCUT2D eigenvalue weighted by molar-refractivity contribution is 6.27. The number of carbonyl (C=O) groups is 1. The molecule has 0 aliphatic carbocycles. The number of aryl methyl sites for hydroxylation is 1. The minimum atomic E-state index is -5.14. The molecule has 214 valence electrons. The summed E-state index contributed by atoms with van der Waals surface area (Å²) < 4.78 is 102. The van der Waals surface area contributed by atoms with Gasteiger partial charge in [0.15, 0.2) is 5.54 Å². The summed E-state index contributed by atoms with van der Waals surface area (Å²) in [5, 5.41) is 15.0. The van der Waals surface area contributed by atoms with Gasteiger partial charge in [0, 0.05) is 24.5 Å². The lowest BCUT2D eigenvalue weighted by atomic mass is 9.76. The lowest BCUT2D eigenvalue weighted by Crippen LogP contribution is -2.59. The van der Waals surface area contributed by atoms with E-state index in [-0.39, 0.29) is 48.6 Å². The van der Waals surface area contributed by atoms with Crippen molar-refractivity contribution in [3.8, 4) is 5.75 Å². The second-order valence-corrected chi connectivity index (χ2v) is 9.40. The Morgan fingerprint density at radius 3 is 2.33 bits per heavy atom. The summed E-state index contributed by atoms with van der Waals surface area (Å²) in [7, 11) is 0. The molecule has 0 fully saturated rings. The summed E-state index contributed by atoms with van der Waals surface area (Å²) in [6, 6.07) is 9.18. The highest BCUT2D eigenvalue weighted by atomic mass is 19.4. The van der Waals surface area contributed by atoms with E-state index < -0.39 is 48.0 Å². The Hall–Kier alpha value is -3.97. The second-order valence-electron chi connectivity index (χ2n) is 9.40. The van der Waals surface area contributed by atoms with Crippen molar-refractivity contribution in [2.75, 3.05) is 6.61 Å². The number of unbranched alkanes of at least 4 members (excludes halogenated alkanes) is 2. The zero-order chi connectivity index (χ0) is 29.1. The third kappa shape index (κ3) is 6.26. The number of amides is 1. The van der Waals surface area contributed by atoms with Crippen LogP contribution in [0.3, 0.4) is 0 Å². The van der Waals surface area contributed by atoms with E-state index in [1.54, 1.807) is 31.2 Å². The fourth-order valence-corrected chi connectivity index (χ4v) is 4.51. The fourth-order valence-electron chi connectivity index (χ4n) is 4.51. The molecule has 14 heteroatoms. The molecule has 1 amide bonds. The maximum atomic E-state index is 15.3. The zero-order valence-corrected chi connectivity index (χ0v) is 21.1. The van der Waals surface area contributed by atoms with Gasteiger partial charge in [0.05, 0.1) is 12.2 Å². The molecule has 2 N–H and O–H groups in total. The van der Waals surface area contributed by atoms with E-state index in [0.717, 1.165) is 23.8 Å². The number of nitrogens with one attached hydrogen (secondary N) is 2. The first-order valence-corrected chi connectivity index (χ1v) is 12.2. The van der Waals surface area contributed by atoms with E-state index >= 15 is 4.39 Å². The Balaban J connectivity index is 1.65. The number of halogens is 7. The van der Waals surface area contributed by atoms with Crippen LogP contribution in [0.25, 0.3) is 11.1 Å². The quantitative estimate of drug-likeness (QED) is 0.242. The SMILES string of the molecule is Cc1ccc(C2=C(c3nn[nH]n3)C(=O)N[C@@](c3ccc(OCCCCCC(F)(F)F)cc3F)(C(F)(F)F)C2)cc1. The van der Waals surface area contributed by atoms with Gasteiger partial charge in [0.1, 0.15) is 11.6 Å². The molecule has 7 nitrogen and oxygen atoms in total. The number of benzene rings is 2. The van der Waals surface area contributed by atoms with Crippen LogP contribution in [-0.4, -0.2) is 45.5 Å².